The first-order valence-electron chi connectivity index (χ1n) is 26.4. The number of nitriles is 1. The number of unbranched alkanes of at least 4 members (excludes halogenated alkanes) is 24. The smallest absolute Gasteiger partial charge is 0.306 e. The van der Waals surface area contributed by atoms with Gasteiger partial charge in [0.05, 0.1) is 6.61 Å². The van der Waals surface area contributed by atoms with E-state index in [1.807, 2.05) is 32.2 Å². The second-order valence-electron chi connectivity index (χ2n) is 18.5. The Morgan fingerprint density at radius 3 is 1.47 bits per heavy atom. The number of ether oxygens (including phenoxy) is 2. The summed E-state index contributed by atoms with van der Waals surface area (Å²) in [6.45, 7) is 13.0. The van der Waals surface area contributed by atoms with Gasteiger partial charge < -0.3 is 29.5 Å². The normalized spacial score (nSPS) is 11.8. The zero-order valence-electron chi connectivity index (χ0n) is 41.9. The van der Waals surface area contributed by atoms with Crippen LogP contribution in [0.4, 0.5) is 0 Å². The summed E-state index contributed by atoms with van der Waals surface area (Å²) in [6, 6.07) is 0. The Morgan fingerprint density at radius 2 is 0.968 bits per heavy atom. The lowest BCUT2D eigenvalue weighted by Crippen LogP contribution is -2.42. The predicted octanol–water partition coefficient (Wildman–Crippen LogP) is 13.0. The maximum Gasteiger partial charge on any atom is 0.306 e. The minimum absolute atomic E-state index is 0.0114. The van der Waals surface area contributed by atoms with Gasteiger partial charge in [0, 0.05) is 39.5 Å². The highest BCUT2D eigenvalue weighted by Crippen LogP contribution is 2.19. The zero-order chi connectivity index (χ0) is 45.6. The van der Waals surface area contributed by atoms with Crippen molar-refractivity contribution in [2.45, 2.75) is 245 Å². The summed E-state index contributed by atoms with van der Waals surface area (Å²) in [5, 5.41) is 12.7. The van der Waals surface area contributed by atoms with E-state index in [0.29, 0.717) is 25.4 Å². The Bertz CT molecular complexity index is 1050. The van der Waals surface area contributed by atoms with Crippen molar-refractivity contribution in [3.8, 4) is 6.19 Å². The minimum Gasteiger partial charge on any atom is -0.466 e. The SMILES string of the molecule is CCCCCCCCCOC(=O)CCCCCCCN(CCCCCCCC(=O)OC(CCCCCCCC)CCCCCCCC)CCCN/C(=N/C#N)N(C)CCN(C)C. The van der Waals surface area contributed by atoms with Gasteiger partial charge in [-0.25, -0.2) is 0 Å². The lowest BCUT2D eigenvalue weighted by Gasteiger charge is -2.25. The number of likely N-dealkylation sites (N-methyl/N-ethyl adjacent to an activating group) is 2. The highest BCUT2D eigenvalue weighted by Gasteiger charge is 2.15. The van der Waals surface area contributed by atoms with E-state index in [1.165, 1.54) is 122 Å². The third-order valence-corrected chi connectivity index (χ3v) is 12.1. The van der Waals surface area contributed by atoms with Crippen LogP contribution in [-0.4, -0.2) is 106 Å². The first-order chi connectivity index (χ1) is 30.3. The molecule has 0 aromatic heterocycles. The molecular formula is C52H102N6O4. The van der Waals surface area contributed by atoms with Crippen molar-refractivity contribution in [1.82, 2.24) is 20.0 Å². The molecule has 0 aromatic rings. The van der Waals surface area contributed by atoms with Crippen LogP contribution < -0.4 is 5.32 Å². The summed E-state index contributed by atoms with van der Waals surface area (Å²) in [5.41, 5.74) is 0. The maximum absolute atomic E-state index is 12.9. The molecule has 0 aliphatic carbocycles. The third-order valence-electron chi connectivity index (χ3n) is 12.1. The molecule has 0 heterocycles. The Balaban J connectivity index is 4.69. The number of carbonyl (C=O) groups excluding carboxylic acids is 2. The van der Waals surface area contributed by atoms with E-state index < -0.39 is 0 Å². The Hall–Kier alpha value is -2.38. The monoisotopic (exact) mass is 875 g/mol. The molecule has 0 spiro atoms. The molecule has 0 aliphatic heterocycles. The fourth-order valence-electron chi connectivity index (χ4n) is 8.00. The Morgan fingerprint density at radius 1 is 0.532 bits per heavy atom. The van der Waals surface area contributed by atoms with E-state index in [4.69, 9.17) is 9.47 Å². The highest BCUT2D eigenvalue weighted by molar-refractivity contribution is 5.80. The lowest BCUT2D eigenvalue weighted by molar-refractivity contribution is -0.150. The number of hydrogen-bond acceptors (Lipinski definition) is 8. The summed E-state index contributed by atoms with van der Waals surface area (Å²) in [6.07, 6.45) is 41.0. The van der Waals surface area contributed by atoms with Crippen molar-refractivity contribution in [2.24, 2.45) is 4.99 Å². The number of esters is 2. The molecule has 0 saturated heterocycles. The van der Waals surface area contributed by atoms with Gasteiger partial charge in [-0.2, -0.15) is 5.26 Å². The molecule has 10 heteroatoms. The summed E-state index contributed by atoms with van der Waals surface area (Å²) in [7, 11) is 6.08. The van der Waals surface area contributed by atoms with Gasteiger partial charge in [-0.1, -0.05) is 162 Å². The van der Waals surface area contributed by atoms with Gasteiger partial charge >= 0.3 is 11.9 Å². The van der Waals surface area contributed by atoms with Crippen LogP contribution in [-0.2, 0) is 19.1 Å². The average molecular weight is 875 g/mol. The first-order valence-corrected chi connectivity index (χ1v) is 26.4. The van der Waals surface area contributed by atoms with Crippen molar-refractivity contribution >= 4 is 17.9 Å². The van der Waals surface area contributed by atoms with Crippen LogP contribution in [0, 0.1) is 11.5 Å². The first kappa shape index (κ1) is 59.6. The van der Waals surface area contributed by atoms with Crippen molar-refractivity contribution in [3.63, 3.8) is 0 Å². The number of guanidine groups is 1. The van der Waals surface area contributed by atoms with Gasteiger partial charge in [0.25, 0.3) is 0 Å². The largest absolute Gasteiger partial charge is 0.466 e. The molecule has 0 fully saturated rings. The zero-order valence-corrected chi connectivity index (χ0v) is 41.9. The van der Waals surface area contributed by atoms with Gasteiger partial charge in [0.15, 0.2) is 0 Å². The average Bonchev–Trinajstić information content (AvgIpc) is 3.25. The highest BCUT2D eigenvalue weighted by atomic mass is 16.5. The van der Waals surface area contributed by atoms with Crippen LogP contribution in [0.15, 0.2) is 4.99 Å². The summed E-state index contributed by atoms with van der Waals surface area (Å²) < 4.78 is 11.6. The molecule has 0 saturated carbocycles. The summed E-state index contributed by atoms with van der Waals surface area (Å²) in [5.74, 6) is 0.615. The summed E-state index contributed by atoms with van der Waals surface area (Å²) in [4.78, 5) is 35.9. The molecule has 10 nitrogen and oxygen atoms in total. The van der Waals surface area contributed by atoms with Gasteiger partial charge in [0.2, 0.25) is 12.2 Å². The molecule has 0 bridgehead atoms. The van der Waals surface area contributed by atoms with Gasteiger partial charge in [0.1, 0.15) is 6.10 Å². The number of carbonyl (C=O) groups is 2. The second-order valence-corrected chi connectivity index (χ2v) is 18.5. The quantitative estimate of drug-likeness (QED) is 0.0210. The van der Waals surface area contributed by atoms with Crippen molar-refractivity contribution in [2.75, 3.05) is 67.0 Å². The third kappa shape index (κ3) is 41.6. The predicted molar refractivity (Wildman–Crippen MR) is 264 cm³/mol. The molecule has 0 amide bonds. The standard InChI is InChI=1S/C52H102N6O4/c1-7-10-13-16-19-28-35-47-61-50(59)39-31-24-20-26-33-42-58(44-36-41-54-52(55-48-53)57(6)46-45-56(4)5)43-34-27-21-25-32-40-51(60)62-49(37-29-22-17-14-11-8-2)38-30-23-18-15-12-9-3/h49H,7-47H2,1-6H3,(H,54,55). The van der Waals surface area contributed by atoms with Crippen LogP contribution in [0.5, 0.6) is 0 Å². The van der Waals surface area contributed by atoms with E-state index in [-0.39, 0.29) is 18.0 Å². The molecule has 0 aromatic carbocycles. The second kappa shape index (κ2) is 46.6. The Kier molecular flexibility index (Phi) is 44.8. The van der Waals surface area contributed by atoms with Crippen molar-refractivity contribution in [3.05, 3.63) is 0 Å². The van der Waals surface area contributed by atoms with Crippen LogP contribution >= 0.6 is 0 Å². The molecule has 0 rings (SSSR count). The molecule has 1 N–H and O–H groups in total. The van der Waals surface area contributed by atoms with Gasteiger partial charge in [-0.3, -0.25) is 9.59 Å². The van der Waals surface area contributed by atoms with Gasteiger partial charge in [-0.05, 0) is 97.9 Å². The molecular weight excluding hydrogens is 773 g/mol. The fraction of sp³-hybridized carbons (Fsp3) is 0.923. The van der Waals surface area contributed by atoms with Crippen LogP contribution in [0.2, 0.25) is 0 Å². The van der Waals surface area contributed by atoms with E-state index in [9.17, 15) is 14.9 Å². The number of nitrogens with zero attached hydrogens (tertiary/aromatic N) is 5. The molecule has 0 radical (unpaired) electrons. The summed E-state index contributed by atoms with van der Waals surface area (Å²) >= 11 is 0. The molecule has 0 unspecified atom stereocenters. The Labute approximate surface area is 384 Å². The maximum atomic E-state index is 12.9. The topological polar surface area (TPSA) is 110 Å². The van der Waals surface area contributed by atoms with Crippen LogP contribution in [0.25, 0.3) is 0 Å². The number of nitrogens with one attached hydrogen (secondary N) is 1. The van der Waals surface area contributed by atoms with Gasteiger partial charge in [-0.15, -0.1) is 4.99 Å². The van der Waals surface area contributed by atoms with E-state index in [1.54, 1.807) is 0 Å². The van der Waals surface area contributed by atoms with E-state index >= 15 is 0 Å². The van der Waals surface area contributed by atoms with Crippen molar-refractivity contribution < 1.29 is 19.1 Å². The van der Waals surface area contributed by atoms with E-state index in [0.717, 1.165) is 123 Å². The number of aliphatic imine (C=N–C) groups is 1. The molecule has 0 aliphatic rings. The molecule has 0 atom stereocenters. The molecule has 364 valence electrons. The fourth-order valence-corrected chi connectivity index (χ4v) is 8.00. The van der Waals surface area contributed by atoms with Crippen LogP contribution in [0.1, 0.15) is 239 Å². The lowest BCUT2D eigenvalue weighted by atomic mass is 10.0. The van der Waals surface area contributed by atoms with Crippen molar-refractivity contribution in [1.29, 1.82) is 5.26 Å². The van der Waals surface area contributed by atoms with E-state index in [2.05, 4.69) is 40.9 Å². The number of rotatable bonds is 46. The molecule has 62 heavy (non-hydrogen) atoms. The van der Waals surface area contributed by atoms with Crippen LogP contribution in [0.3, 0.4) is 0 Å². The minimum atomic E-state index is -0.0335. The number of hydrogen-bond donors (Lipinski definition) is 1.